The summed E-state index contributed by atoms with van der Waals surface area (Å²) in [5, 5.41) is 1.22. The summed E-state index contributed by atoms with van der Waals surface area (Å²) in [6.45, 7) is 4.69. The van der Waals surface area contributed by atoms with Crippen LogP contribution in [0.3, 0.4) is 0 Å². The molecule has 2 heterocycles. The van der Waals surface area contributed by atoms with Crippen molar-refractivity contribution in [2.75, 3.05) is 26.2 Å². The van der Waals surface area contributed by atoms with E-state index in [4.69, 9.17) is 15.5 Å². The summed E-state index contributed by atoms with van der Waals surface area (Å²) in [6, 6.07) is 8.37. The molecule has 1 aliphatic heterocycles. The summed E-state index contributed by atoms with van der Waals surface area (Å²) in [6.07, 6.45) is 3.62. The number of rotatable bonds is 6. The van der Waals surface area contributed by atoms with Crippen LogP contribution in [0.5, 0.6) is 0 Å². The minimum absolute atomic E-state index is 0.420. The second kappa shape index (κ2) is 7.31. The Kier molecular flexibility index (Phi) is 5.19. The predicted molar refractivity (Wildman–Crippen MR) is 87.5 cm³/mol. The van der Waals surface area contributed by atoms with E-state index in [2.05, 4.69) is 29.2 Å². The molecule has 2 aromatic rings. The number of fused-ring (bicyclic) bond motifs is 1. The van der Waals surface area contributed by atoms with Crippen molar-refractivity contribution < 1.29 is 4.74 Å². The Morgan fingerprint density at radius 3 is 2.86 bits per heavy atom. The summed E-state index contributed by atoms with van der Waals surface area (Å²) in [5.74, 6) is 0. The van der Waals surface area contributed by atoms with Crippen LogP contribution < -0.4 is 5.73 Å². The molecule has 0 saturated carbocycles. The molecular weight excluding hydrogens is 282 g/mol. The summed E-state index contributed by atoms with van der Waals surface area (Å²) in [4.78, 5) is 7.20. The first-order valence-electron chi connectivity index (χ1n) is 7.73. The normalized spacial score (nSPS) is 17.6. The van der Waals surface area contributed by atoms with E-state index in [1.807, 2.05) is 11.3 Å². The largest absolute Gasteiger partial charge is 0.378 e. The number of para-hydroxylation sites is 1. The molecule has 1 saturated heterocycles. The molecule has 5 heteroatoms. The van der Waals surface area contributed by atoms with Gasteiger partial charge in [-0.05, 0) is 37.9 Å². The van der Waals surface area contributed by atoms with Crippen molar-refractivity contribution in [3.05, 3.63) is 29.3 Å². The molecule has 0 atom stereocenters. The van der Waals surface area contributed by atoms with Gasteiger partial charge >= 0.3 is 0 Å². The van der Waals surface area contributed by atoms with Crippen LogP contribution in [0.2, 0.25) is 0 Å². The number of aromatic nitrogens is 1. The molecule has 0 amide bonds. The highest BCUT2D eigenvalue weighted by Crippen LogP contribution is 2.24. The fourth-order valence-electron chi connectivity index (χ4n) is 2.75. The molecule has 1 aromatic carbocycles. The van der Waals surface area contributed by atoms with E-state index in [1.165, 1.54) is 9.71 Å². The summed E-state index contributed by atoms with van der Waals surface area (Å²) in [5.41, 5.74) is 6.61. The van der Waals surface area contributed by atoms with Gasteiger partial charge in [0.1, 0.15) is 5.01 Å². The lowest BCUT2D eigenvalue weighted by Gasteiger charge is -2.31. The van der Waals surface area contributed by atoms with Gasteiger partial charge in [0.25, 0.3) is 0 Å². The fraction of sp³-hybridized carbons (Fsp3) is 0.562. The standard InChI is InChI=1S/C16H23N3OS/c17-8-3-11-20-13-6-9-19(10-7-13)12-16-18-14-4-1-2-5-15(14)21-16/h1-2,4-5,13H,3,6-12,17H2. The van der Waals surface area contributed by atoms with Crippen molar-refractivity contribution in [3.8, 4) is 0 Å². The highest BCUT2D eigenvalue weighted by atomic mass is 32.1. The Labute approximate surface area is 129 Å². The molecule has 0 radical (unpaired) electrons. The van der Waals surface area contributed by atoms with Gasteiger partial charge in [0.2, 0.25) is 0 Å². The third kappa shape index (κ3) is 4.01. The van der Waals surface area contributed by atoms with Crippen LogP contribution in [0.25, 0.3) is 10.2 Å². The third-order valence-electron chi connectivity index (χ3n) is 3.93. The number of piperidine rings is 1. The number of thiazole rings is 1. The zero-order valence-electron chi connectivity index (χ0n) is 12.3. The molecule has 0 bridgehead atoms. The van der Waals surface area contributed by atoms with E-state index in [1.54, 1.807) is 0 Å². The van der Waals surface area contributed by atoms with Crippen LogP contribution in [0.1, 0.15) is 24.3 Å². The average Bonchev–Trinajstić information content (AvgIpc) is 2.91. The molecule has 0 unspecified atom stereocenters. The van der Waals surface area contributed by atoms with Gasteiger partial charge in [-0.15, -0.1) is 11.3 Å². The van der Waals surface area contributed by atoms with Gasteiger partial charge in [-0.3, -0.25) is 4.90 Å². The maximum Gasteiger partial charge on any atom is 0.108 e. The van der Waals surface area contributed by atoms with Crippen molar-refractivity contribution in [1.82, 2.24) is 9.88 Å². The van der Waals surface area contributed by atoms with Gasteiger partial charge in [-0.2, -0.15) is 0 Å². The lowest BCUT2D eigenvalue weighted by atomic mass is 10.1. The number of hydrogen-bond donors (Lipinski definition) is 1. The maximum absolute atomic E-state index is 5.85. The summed E-state index contributed by atoms with van der Waals surface area (Å²) in [7, 11) is 0. The van der Waals surface area contributed by atoms with Crippen molar-refractivity contribution in [3.63, 3.8) is 0 Å². The molecule has 2 N–H and O–H groups in total. The van der Waals surface area contributed by atoms with Crippen molar-refractivity contribution in [2.24, 2.45) is 5.73 Å². The fourth-order valence-corrected chi connectivity index (χ4v) is 3.76. The molecule has 21 heavy (non-hydrogen) atoms. The van der Waals surface area contributed by atoms with Crippen LogP contribution in [0.4, 0.5) is 0 Å². The Balaban J connectivity index is 1.48. The molecule has 0 spiro atoms. The number of nitrogens with two attached hydrogens (primary N) is 1. The zero-order chi connectivity index (χ0) is 14.5. The SMILES string of the molecule is NCCCOC1CCN(Cc2nc3ccccc3s2)CC1. The van der Waals surface area contributed by atoms with Crippen LogP contribution in [-0.2, 0) is 11.3 Å². The molecule has 3 rings (SSSR count). The van der Waals surface area contributed by atoms with E-state index in [0.717, 1.165) is 57.6 Å². The molecule has 0 aliphatic carbocycles. The number of likely N-dealkylation sites (tertiary alicyclic amines) is 1. The van der Waals surface area contributed by atoms with Gasteiger partial charge in [0.15, 0.2) is 0 Å². The third-order valence-corrected chi connectivity index (χ3v) is 4.95. The van der Waals surface area contributed by atoms with Gasteiger partial charge in [-0.1, -0.05) is 12.1 Å². The maximum atomic E-state index is 5.85. The molecule has 114 valence electrons. The van der Waals surface area contributed by atoms with E-state index < -0.39 is 0 Å². The lowest BCUT2D eigenvalue weighted by Crippen LogP contribution is -2.36. The highest BCUT2D eigenvalue weighted by Gasteiger charge is 2.20. The molecule has 1 aliphatic rings. The summed E-state index contributed by atoms with van der Waals surface area (Å²) < 4.78 is 7.13. The second-order valence-corrected chi connectivity index (χ2v) is 6.68. The van der Waals surface area contributed by atoms with E-state index >= 15 is 0 Å². The molecule has 4 nitrogen and oxygen atoms in total. The van der Waals surface area contributed by atoms with Crippen molar-refractivity contribution in [2.45, 2.75) is 31.9 Å². The smallest absolute Gasteiger partial charge is 0.108 e. The number of ether oxygens (including phenoxy) is 1. The first-order chi connectivity index (χ1) is 10.3. The second-order valence-electron chi connectivity index (χ2n) is 5.56. The van der Waals surface area contributed by atoms with E-state index in [0.29, 0.717) is 6.10 Å². The number of benzene rings is 1. The first-order valence-corrected chi connectivity index (χ1v) is 8.55. The van der Waals surface area contributed by atoms with E-state index in [-0.39, 0.29) is 0 Å². The first kappa shape index (κ1) is 14.9. The topological polar surface area (TPSA) is 51.4 Å². The quantitative estimate of drug-likeness (QED) is 0.834. The Bertz CT molecular complexity index is 530. The van der Waals surface area contributed by atoms with Crippen molar-refractivity contribution >= 4 is 21.6 Å². The average molecular weight is 305 g/mol. The van der Waals surface area contributed by atoms with Crippen LogP contribution in [-0.4, -0.2) is 42.2 Å². The minimum Gasteiger partial charge on any atom is -0.378 e. The Morgan fingerprint density at radius 2 is 2.10 bits per heavy atom. The van der Waals surface area contributed by atoms with Crippen LogP contribution >= 0.6 is 11.3 Å². The van der Waals surface area contributed by atoms with Crippen LogP contribution in [0.15, 0.2) is 24.3 Å². The summed E-state index contributed by atoms with van der Waals surface area (Å²) >= 11 is 1.81. The highest BCUT2D eigenvalue weighted by molar-refractivity contribution is 7.18. The zero-order valence-corrected chi connectivity index (χ0v) is 13.1. The number of nitrogens with zero attached hydrogens (tertiary/aromatic N) is 2. The van der Waals surface area contributed by atoms with E-state index in [9.17, 15) is 0 Å². The van der Waals surface area contributed by atoms with Gasteiger partial charge < -0.3 is 10.5 Å². The molecular formula is C16H23N3OS. The van der Waals surface area contributed by atoms with Crippen molar-refractivity contribution in [1.29, 1.82) is 0 Å². The Hall–Kier alpha value is -1.01. The molecule has 1 fully saturated rings. The Morgan fingerprint density at radius 1 is 1.29 bits per heavy atom. The van der Waals surface area contributed by atoms with Gasteiger partial charge in [0.05, 0.1) is 22.9 Å². The number of hydrogen-bond acceptors (Lipinski definition) is 5. The minimum atomic E-state index is 0.420. The van der Waals surface area contributed by atoms with Crippen LogP contribution in [0, 0.1) is 0 Å². The monoisotopic (exact) mass is 305 g/mol. The predicted octanol–water partition coefficient (Wildman–Crippen LogP) is 2.63. The molecule has 1 aromatic heterocycles. The lowest BCUT2D eigenvalue weighted by molar-refractivity contribution is 0.00563. The van der Waals surface area contributed by atoms with Gasteiger partial charge in [-0.25, -0.2) is 4.98 Å². The van der Waals surface area contributed by atoms with Gasteiger partial charge in [0, 0.05) is 19.7 Å².